The van der Waals surface area contributed by atoms with Gasteiger partial charge in [-0.1, -0.05) is 6.07 Å². The van der Waals surface area contributed by atoms with E-state index < -0.39 is 23.3 Å². The Labute approximate surface area is 102 Å². The van der Waals surface area contributed by atoms with Gasteiger partial charge in [-0.05, 0) is 31.0 Å². The van der Waals surface area contributed by atoms with Crippen molar-refractivity contribution in [2.24, 2.45) is 0 Å². The molecule has 94 valence electrons. The number of carboxylic acid groups (broad SMARTS) is 1. The van der Waals surface area contributed by atoms with Gasteiger partial charge in [0.15, 0.2) is 11.2 Å². The van der Waals surface area contributed by atoms with Crippen molar-refractivity contribution in [3.8, 4) is 0 Å². The van der Waals surface area contributed by atoms with Gasteiger partial charge < -0.3 is 19.4 Å². The van der Waals surface area contributed by atoms with Crippen molar-refractivity contribution >= 4 is 16.9 Å². The first-order valence-corrected chi connectivity index (χ1v) is 5.43. The molecule has 0 fully saturated rings. The van der Waals surface area contributed by atoms with Crippen LogP contribution in [0.5, 0.6) is 0 Å². The van der Waals surface area contributed by atoms with E-state index in [0.29, 0.717) is 6.42 Å². The summed E-state index contributed by atoms with van der Waals surface area (Å²) in [5, 5.41) is 20.2. The van der Waals surface area contributed by atoms with Crippen LogP contribution in [0.25, 0.3) is 11.0 Å². The van der Waals surface area contributed by atoms with Gasteiger partial charge >= 0.3 is 0 Å². The van der Waals surface area contributed by atoms with Gasteiger partial charge in [0.1, 0.15) is 11.6 Å². The minimum absolute atomic E-state index is 0.191. The summed E-state index contributed by atoms with van der Waals surface area (Å²) < 4.78 is 5.04. The summed E-state index contributed by atoms with van der Waals surface area (Å²) in [6.45, 7) is 1.64. The Hall–Kier alpha value is -2.14. The Morgan fingerprint density at radius 3 is 2.78 bits per heavy atom. The topological polar surface area (TPSA) is 90.6 Å². The fourth-order valence-electron chi connectivity index (χ4n) is 1.77. The molecule has 1 aromatic heterocycles. The van der Waals surface area contributed by atoms with Gasteiger partial charge in [0.05, 0.1) is 11.5 Å². The first kappa shape index (κ1) is 12.3. The van der Waals surface area contributed by atoms with E-state index in [1.807, 2.05) is 0 Å². The Morgan fingerprint density at radius 1 is 1.44 bits per heavy atom. The Morgan fingerprint density at radius 2 is 2.17 bits per heavy atom. The molecule has 0 aliphatic heterocycles. The summed E-state index contributed by atoms with van der Waals surface area (Å²) in [5.41, 5.74) is 0.532. The van der Waals surface area contributed by atoms with Crippen molar-refractivity contribution in [1.82, 2.24) is 0 Å². The summed E-state index contributed by atoms with van der Waals surface area (Å²) in [7, 11) is 0. The van der Waals surface area contributed by atoms with Crippen molar-refractivity contribution in [2.75, 3.05) is 0 Å². The minimum Gasteiger partial charge on any atom is -0.542 e. The molecule has 0 bridgehead atoms. The predicted molar refractivity (Wildman–Crippen MR) is 62.2 cm³/mol. The van der Waals surface area contributed by atoms with E-state index in [2.05, 4.69) is 0 Å². The van der Waals surface area contributed by atoms with E-state index in [1.165, 1.54) is 6.07 Å². The van der Waals surface area contributed by atoms with E-state index in [-0.39, 0.29) is 11.0 Å². The molecular weight excluding hydrogens is 236 g/mol. The smallest absolute Gasteiger partial charge is 0.193 e. The van der Waals surface area contributed by atoms with Crippen LogP contribution in [0.3, 0.4) is 0 Å². The fourth-order valence-corrected chi connectivity index (χ4v) is 1.77. The van der Waals surface area contributed by atoms with Crippen molar-refractivity contribution in [3.05, 3.63) is 45.8 Å². The monoisotopic (exact) mass is 247 g/mol. The lowest BCUT2D eigenvalue weighted by molar-refractivity contribution is -0.257. The van der Waals surface area contributed by atoms with Crippen LogP contribution in [0, 0.1) is 0 Å². The molecule has 0 spiro atoms. The molecule has 1 aromatic carbocycles. The lowest BCUT2D eigenvalue weighted by Crippen LogP contribution is -2.23. The Balaban J connectivity index is 2.58. The van der Waals surface area contributed by atoms with E-state index in [1.54, 1.807) is 19.1 Å². The molecule has 1 atom stereocenters. The third-order valence-corrected chi connectivity index (χ3v) is 2.52. The lowest BCUT2D eigenvalue weighted by Gasteiger charge is -2.07. The van der Waals surface area contributed by atoms with Gasteiger partial charge in [-0.3, -0.25) is 4.79 Å². The highest BCUT2D eigenvalue weighted by molar-refractivity contribution is 5.86. The standard InChI is InChI=1S/C13H12O5/c1-7(14)4-8-2-3-11-9(5-8)10(15)6-12(18-11)13(16)17/h2-3,5-7,14H,4H2,1H3,(H,16,17)/p-1. The van der Waals surface area contributed by atoms with Crippen LogP contribution in [0.4, 0.5) is 0 Å². The quantitative estimate of drug-likeness (QED) is 0.829. The number of hydrogen-bond donors (Lipinski definition) is 1. The van der Waals surface area contributed by atoms with Crippen molar-refractivity contribution in [3.63, 3.8) is 0 Å². The number of carboxylic acids is 1. The zero-order chi connectivity index (χ0) is 13.3. The zero-order valence-electron chi connectivity index (χ0n) is 9.67. The van der Waals surface area contributed by atoms with Crippen LogP contribution in [0.1, 0.15) is 23.0 Å². The highest BCUT2D eigenvalue weighted by atomic mass is 16.4. The first-order chi connectivity index (χ1) is 8.47. The lowest BCUT2D eigenvalue weighted by atomic mass is 10.1. The number of fused-ring (bicyclic) bond motifs is 1. The summed E-state index contributed by atoms with van der Waals surface area (Å²) in [6, 6.07) is 5.68. The predicted octanol–water partition coefficient (Wildman–Crippen LogP) is 0.0798. The minimum atomic E-state index is -1.53. The molecule has 2 aromatic rings. The molecule has 0 saturated carbocycles. The van der Waals surface area contributed by atoms with Crippen molar-refractivity contribution < 1.29 is 19.4 Å². The number of rotatable bonds is 3. The van der Waals surface area contributed by atoms with E-state index in [0.717, 1.165) is 11.6 Å². The van der Waals surface area contributed by atoms with Crippen LogP contribution in [-0.2, 0) is 6.42 Å². The zero-order valence-corrected chi connectivity index (χ0v) is 9.67. The Bertz CT molecular complexity index is 654. The number of aliphatic hydroxyl groups is 1. The summed E-state index contributed by atoms with van der Waals surface area (Å²) in [6.07, 6.45) is -0.102. The molecule has 18 heavy (non-hydrogen) atoms. The van der Waals surface area contributed by atoms with Crippen LogP contribution >= 0.6 is 0 Å². The summed E-state index contributed by atoms with van der Waals surface area (Å²) in [5.74, 6) is -2.02. The maximum absolute atomic E-state index is 11.7. The van der Waals surface area contributed by atoms with Gasteiger partial charge in [0.25, 0.3) is 0 Å². The third kappa shape index (κ3) is 2.41. The molecule has 0 saturated heterocycles. The number of aliphatic hydroxyl groups excluding tert-OH is 1. The second-order valence-corrected chi connectivity index (χ2v) is 4.15. The third-order valence-electron chi connectivity index (χ3n) is 2.52. The number of carbonyl (C=O) groups excluding carboxylic acids is 1. The van der Waals surface area contributed by atoms with Crippen molar-refractivity contribution in [1.29, 1.82) is 0 Å². The number of hydrogen-bond acceptors (Lipinski definition) is 5. The molecule has 5 nitrogen and oxygen atoms in total. The number of aromatic carboxylic acids is 1. The molecule has 1 N–H and O–H groups in total. The van der Waals surface area contributed by atoms with Crippen LogP contribution in [-0.4, -0.2) is 17.2 Å². The molecule has 0 radical (unpaired) electrons. The highest BCUT2D eigenvalue weighted by Gasteiger charge is 2.07. The maximum atomic E-state index is 11.7. The molecule has 2 rings (SSSR count). The summed E-state index contributed by atoms with van der Waals surface area (Å²) in [4.78, 5) is 22.4. The Kier molecular flexibility index (Phi) is 3.16. The van der Waals surface area contributed by atoms with Gasteiger partial charge in [0, 0.05) is 6.07 Å². The average molecular weight is 247 g/mol. The molecular formula is C13H11O5-. The maximum Gasteiger partial charge on any atom is 0.193 e. The largest absolute Gasteiger partial charge is 0.542 e. The molecule has 5 heteroatoms. The SMILES string of the molecule is CC(O)Cc1ccc2oc(C(=O)[O-])cc(=O)c2c1. The second kappa shape index (κ2) is 4.62. The van der Waals surface area contributed by atoms with Gasteiger partial charge in [0.2, 0.25) is 0 Å². The molecule has 0 aliphatic carbocycles. The highest BCUT2D eigenvalue weighted by Crippen LogP contribution is 2.15. The van der Waals surface area contributed by atoms with E-state index in [9.17, 15) is 19.8 Å². The van der Waals surface area contributed by atoms with E-state index in [4.69, 9.17) is 4.42 Å². The molecule has 0 aliphatic rings. The number of benzene rings is 1. The van der Waals surface area contributed by atoms with Gasteiger partial charge in [-0.25, -0.2) is 0 Å². The number of carbonyl (C=O) groups is 1. The van der Waals surface area contributed by atoms with Crippen LogP contribution in [0.15, 0.2) is 33.5 Å². The fraction of sp³-hybridized carbons (Fsp3) is 0.231. The normalized spacial score (nSPS) is 12.6. The summed E-state index contributed by atoms with van der Waals surface area (Å²) >= 11 is 0. The van der Waals surface area contributed by atoms with Gasteiger partial charge in [-0.15, -0.1) is 0 Å². The second-order valence-electron chi connectivity index (χ2n) is 4.15. The molecule has 1 heterocycles. The van der Waals surface area contributed by atoms with Gasteiger partial charge in [-0.2, -0.15) is 0 Å². The molecule has 1 unspecified atom stereocenters. The average Bonchev–Trinajstić information content (AvgIpc) is 2.28. The first-order valence-electron chi connectivity index (χ1n) is 5.43. The molecule has 0 amide bonds. The van der Waals surface area contributed by atoms with Crippen LogP contribution < -0.4 is 10.5 Å². The van der Waals surface area contributed by atoms with Crippen molar-refractivity contribution in [2.45, 2.75) is 19.4 Å². The van der Waals surface area contributed by atoms with E-state index >= 15 is 0 Å². The van der Waals surface area contributed by atoms with Crippen LogP contribution in [0.2, 0.25) is 0 Å².